The molecule has 0 fully saturated rings. The average molecular weight is 395 g/mol. The smallest absolute Gasteiger partial charge is 0.138 e. The number of hydrogen-bond donors (Lipinski definition) is 0. The minimum absolute atomic E-state index is 0.102. The van der Waals surface area contributed by atoms with Gasteiger partial charge >= 0.3 is 0 Å². The lowest BCUT2D eigenvalue weighted by atomic mass is 9.75. The summed E-state index contributed by atoms with van der Waals surface area (Å²) in [6.07, 6.45) is 2.32. The third-order valence-corrected chi connectivity index (χ3v) is 5.81. The molecule has 29 heavy (non-hydrogen) atoms. The molecule has 2 aromatic carbocycles. The van der Waals surface area contributed by atoms with Gasteiger partial charge in [0.1, 0.15) is 17.8 Å². The maximum Gasteiger partial charge on any atom is 0.138 e. The highest BCUT2D eigenvalue weighted by Gasteiger charge is 2.29. The number of nitrogens with zero attached hydrogens (tertiary/aromatic N) is 2. The Balaban J connectivity index is 1.95. The third kappa shape index (κ3) is 4.07. The van der Waals surface area contributed by atoms with Gasteiger partial charge < -0.3 is 0 Å². The zero-order valence-electron chi connectivity index (χ0n) is 17.9. The second-order valence-corrected chi connectivity index (χ2v) is 8.76. The van der Waals surface area contributed by atoms with Crippen LogP contribution in [0, 0.1) is 12.7 Å². The summed E-state index contributed by atoms with van der Waals surface area (Å²) >= 11 is 0. The summed E-state index contributed by atoms with van der Waals surface area (Å²) < 4.78 is 27.7. The topological polar surface area (TPSA) is 25.8 Å². The fourth-order valence-electron chi connectivity index (χ4n) is 3.55. The van der Waals surface area contributed by atoms with Crippen molar-refractivity contribution in [3.63, 3.8) is 0 Å². The van der Waals surface area contributed by atoms with Crippen molar-refractivity contribution < 1.29 is 8.78 Å². The molecule has 0 N–H and O–H groups in total. The van der Waals surface area contributed by atoms with E-state index in [1.807, 2.05) is 19.3 Å². The average Bonchev–Trinajstić information content (AvgIpc) is 2.68. The molecule has 0 aliphatic carbocycles. The van der Waals surface area contributed by atoms with Crippen LogP contribution >= 0.6 is 0 Å². The van der Waals surface area contributed by atoms with Crippen molar-refractivity contribution >= 4 is 0 Å². The summed E-state index contributed by atoms with van der Waals surface area (Å²) in [5.74, 6) is 0.268. The van der Waals surface area contributed by atoms with Gasteiger partial charge in [0.25, 0.3) is 0 Å². The molecule has 1 heterocycles. The summed E-state index contributed by atoms with van der Waals surface area (Å²) in [5, 5.41) is 0. The van der Waals surface area contributed by atoms with Crippen LogP contribution in [0.5, 0.6) is 0 Å². The largest absolute Gasteiger partial charge is 0.242 e. The van der Waals surface area contributed by atoms with Crippen LogP contribution in [0.15, 0.2) is 54.9 Å². The first-order valence-corrected chi connectivity index (χ1v) is 9.87. The van der Waals surface area contributed by atoms with Crippen LogP contribution in [0.1, 0.15) is 74.4 Å². The first-order chi connectivity index (χ1) is 13.5. The number of halogens is 2. The normalized spacial score (nSPS) is 13.4. The van der Waals surface area contributed by atoms with E-state index in [1.165, 1.54) is 13.0 Å². The van der Waals surface area contributed by atoms with E-state index >= 15 is 0 Å². The molecular formula is C25H28F2N2. The number of rotatable bonds is 5. The number of aromatic nitrogens is 2. The Morgan fingerprint density at radius 3 is 1.79 bits per heavy atom. The minimum atomic E-state index is -1.34. The van der Waals surface area contributed by atoms with E-state index in [1.54, 1.807) is 12.1 Å². The fraction of sp³-hybridized carbons (Fsp3) is 0.360. The van der Waals surface area contributed by atoms with Gasteiger partial charge in [0.2, 0.25) is 0 Å². The van der Waals surface area contributed by atoms with E-state index in [0.717, 1.165) is 28.1 Å². The van der Waals surface area contributed by atoms with Crippen LogP contribution in [-0.4, -0.2) is 9.97 Å². The third-order valence-electron chi connectivity index (χ3n) is 5.81. The monoisotopic (exact) mass is 394 g/mol. The SMILES string of the molecule is Cc1cnc(C(C)(C)c2ccc(C(C)(C)c3ccc(F)c(C(C)F)c3)cc2)nc1. The molecule has 0 radical (unpaired) electrons. The van der Waals surface area contributed by atoms with Gasteiger partial charge in [-0.1, -0.05) is 44.2 Å². The van der Waals surface area contributed by atoms with Gasteiger partial charge in [-0.2, -0.15) is 0 Å². The van der Waals surface area contributed by atoms with Crippen LogP contribution in [-0.2, 0) is 10.8 Å². The highest BCUT2D eigenvalue weighted by atomic mass is 19.1. The quantitative estimate of drug-likeness (QED) is 0.487. The molecule has 152 valence electrons. The summed E-state index contributed by atoms with van der Waals surface area (Å²) in [6.45, 7) is 11.7. The van der Waals surface area contributed by atoms with Crippen molar-refractivity contribution in [3.05, 3.63) is 94.3 Å². The molecule has 1 unspecified atom stereocenters. The summed E-state index contributed by atoms with van der Waals surface area (Å²) in [5.41, 5.74) is 3.48. The molecule has 1 atom stereocenters. The highest BCUT2D eigenvalue weighted by Crippen LogP contribution is 2.36. The lowest BCUT2D eigenvalue weighted by molar-refractivity contribution is 0.360. The lowest BCUT2D eigenvalue weighted by Crippen LogP contribution is -2.23. The Bertz CT molecular complexity index is 988. The first-order valence-electron chi connectivity index (χ1n) is 9.87. The van der Waals surface area contributed by atoms with Gasteiger partial charge in [0, 0.05) is 28.8 Å². The molecule has 3 aromatic rings. The molecule has 0 aliphatic rings. The van der Waals surface area contributed by atoms with Gasteiger partial charge in [-0.3, -0.25) is 0 Å². The van der Waals surface area contributed by atoms with Crippen molar-refractivity contribution in [1.82, 2.24) is 9.97 Å². The summed E-state index contributed by atoms with van der Waals surface area (Å²) in [6, 6.07) is 13.1. The van der Waals surface area contributed by atoms with Crippen LogP contribution in [0.3, 0.4) is 0 Å². The van der Waals surface area contributed by atoms with Crippen LogP contribution < -0.4 is 0 Å². The highest BCUT2D eigenvalue weighted by molar-refractivity contribution is 5.43. The molecular weight excluding hydrogens is 366 g/mol. The van der Waals surface area contributed by atoms with Crippen molar-refractivity contribution in [3.8, 4) is 0 Å². The number of benzene rings is 2. The summed E-state index contributed by atoms with van der Waals surface area (Å²) in [7, 11) is 0. The predicted octanol–water partition coefficient (Wildman–Crippen LogP) is 6.61. The van der Waals surface area contributed by atoms with Crippen LogP contribution in [0.25, 0.3) is 0 Å². The molecule has 0 bridgehead atoms. The molecule has 4 heteroatoms. The predicted molar refractivity (Wildman–Crippen MR) is 113 cm³/mol. The van der Waals surface area contributed by atoms with Crippen molar-refractivity contribution in [2.24, 2.45) is 0 Å². The van der Waals surface area contributed by atoms with Gasteiger partial charge in [0.15, 0.2) is 0 Å². The number of aryl methyl sites for hydroxylation is 1. The van der Waals surface area contributed by atoms with Crippen molar-refractivity contribution in [2.75, 3.05) is 0 Å². The molecule has 0 saturated carbocycles. The molecule has 0 spiro atoms. The van der Waals surface area contributed by atoms with E-state index in [-0.39, 0.29) is 16.4 Å². The van der Waals surface area contributed by atoms with E-state index in [0.29, 0.717) is 0 Å². The van der Waals surface area contributed by atoms with Gasteiger partial charge in [-0.15, -0.1) is 0 Å². The Morgan fingerprint density at radius 2 is 1.28 bits per heavy atom. The maximum atomic E-state index is 13.9. The van der Waals surface area contributed by atoms with Gasteiger partial charge in [-0.25, -0.2) is 18.7 Å². The van der Waals surface area contributed by atoms with E-state index in [9.17, 15) is 8.78 Å². The van der Waals surface area contributed by atoms with E-state index < -0.39 is 12.0 Å². The molecule has 0 saturated heterocycles. The molecule has 3 rings (SSSR count). The van der Waals surface area contributed by atoms with Crippen molar-refractivity contribution in [1.29, 1.82) is 0 Å². The maximum absolute atomic E-state index is 13.9. The Kier molecular flexibility index (Phi) is 5.57. The zero-order valence-corrected chi connectivity index (χ0v) is 17.9. The second kappa shape index (κ2) is 7.66. The van der Waals surface area contributed by atoms with Crippen molar-refractivity contribution in [2.45, 2.75) is 58.5 Å². The Morgan fingerprint density at radius 1 is 0.793 bits per heavy atom. The Hall–Kier alpha value is -2.62. The lowest BCUT2D eigenvalue weighted by Gasteiger charge is -2.29. The van der Waals surface area contributed by atoms with Gasteiger partial charge in [0.05, 0.1) is 0 Å². The Labute approximate surface area is 172 Å². The molecule has 0 amide bonds. The van der Waals surface area contributed by atoms with E-state index in [2.05, 4.69) is 61.9 Å². The fourth-order valence-corrected chi connectivity index (χ4v) is 3.55. The van der Waals surface area contributed by atoms with Gasteiger partial charge in [-0.05, 0) is 62.1 Å². The van der Waals surface area contributed by atoms with Crippen LogP contribution in [0.4, 0.5) is 8.78 Å². The zero-order chi connectivity index (χ0) is 21.4. The van der Waals surface area contributed by atoms with E-state index in [4.69, 9.17) is 0 Å². The minimum Gasteiger partial charge on any atom is -0.242 e. The number of alkyl halides is 1. The molecule has 1 aromatic heterocycles. The molecule has 0 aliphatic heterocycles. The molecule has 2 nitrogen and oxygen atoms in total. The van der Waals surface area contributed by atoms with Crippen LogP contribution in [0.2, 0.25) is 0 Å². The second-order valence-electron chi connectivity index (χ2n) is 8.76. The first kappa shape index (κ1) is 21.1. The summed E-state index contributed by atoms with van der Waals surface area (Å²) in [4.78, 5) is 8.99. The number of hydrogen-bond acceptors (Lipinski definition) is 2. The standard InChI is InChI=1S/C25H28F2N2/c1-16-14-28-23(29-15-16)25(5,6)19-9-7-18(8-10-19)24(3,4)20-11-12-22(27)21(13-20)17(2)26/h7-15,17H,1-6H3.